The molecule has 0 radical (unpaired) electrons. The second-order valence-corrected chi connectivity index (χ2v) is 6.67. The minimum Gasteiger partial charge on any atom is -0.385 e. The lowest BCUT2D eigenvalue weighted by Crippen LogP contribution is -2.27. The molecular formula is C21H24N4O3. The molecular weight excluding hydrogens is 356 g/mol. The van der Waals surface area contributed by atoms with E-state index >= 15 is 0 Å². The van der Waals surface area contributed by atoms with Crippen LogP contribution >= 0.6 is 0 Å². The van der Waals surface area contributed by atoms with Crippen LogP contribution in [0.5, 0.6) is 0 Å². The third-order valence-corrected chi connectivity index (χ3v) is 4.26. The molecule has 0 unspecified atom stereocenters. The minimum absolute atomic E-state index is 0.179. The van der Waals surface area contributed by atoms with Gasteiger partial charge in [-0.15, -0.1) is 0 Å². The van der Waals surface area contributed by atoms with Crippen LogP contribution in [-0.4, -0.2) is 41.5 Å². The number of amides is 2. The molecule has 0 spiro atoms. The number of hydrogen-bond donors (Lipinski definition) is 2. The van der Waals surface area contributed by atoms with Gasteiger partial charge in [0.1, 0.15) is 0 Å². The molecule has 7 nitrogen and oxygen atoms in total. The first-order valence-electron chi connectivity index (χ1n) is 9.13. The summed E-state index contributed by atoms with van der Waals surface area (Å²) in [5.41, 5.74) is 3.60. The van der Waals surface area contributed by atoms with E-state index in [9.17, 15) is 9.59 Å². The van der Waals surface area contributed by atoms with E-state index in [-0.39, 0.29) is 23.3 Å². The zero-order chi connectivity index (χ0) is 20.1. The highest BCUT2D eigenvalue weighted by molar-refractivity contribution is 6.09. The average Bonchev–Trinajstić information content (AvgIpc) is 3.04. The van der Waals surface area contributed by atoms with Gasteiger partial charge < -0.3 is 15.4 Å². The number of nitrogens with zero attached hydrogens (tertiary/aromatic N) is 2. The fraction of sp³-hybridized carbons (Fsp3) is 0.286. The first-order chi connectivity index (χ1) is 13.5. The van der Waals surface area contributed by atoms with Crippen LogP contribution < -0.4 is 10.6 Å². The van der Waals surface area contributed by atoms with E-state index in [0.717, 1.165) is 11.1 Å². The SMILES string of the molecule is COCCCNC(=O)c1nc(C(=O)Nc2cc(C)cc(C)c2)c2ccccn12. The Hall–Kier alpha value is -3.19. The average molecular weight is 380 g/mol. The molecule has 146 valence electrons. The number of rotatable bonds is 7. The number of carbonyl (C=O) groups excluding carboxylic acids is 2. The summed E-state index contributed by atoms with van der Waals surface area (Å²) < 4.78 is 6.61. The Labute approximate surface area is 163 Å². The summed E-state index contributed by atoms with van der Waals surface area (Å²) in [5, 5.41) is 5.69. The number of hydrogen-bond acceptors (Lipinski definition) is 4. The molecule has 3 rings (SSSR count). The lowest BCUT2D eigenvalue weighted by molar-refractivity contribution is 0.0937. The standard InChI is InChI=1S/C21H24N4O3/c1-14-11-15(2)13-16(12-14)23-20(26)18-17-7-4-5-9-25(17)19(24-18)21(27)22-8-6-10-28-3/h4-5,7,9,11-13H,6,8,10H2,1-3H3,(H,22,27)(H,23,26). The van der Waals surface area contributed by atoms with Crippen molar-refractivity contribution in [1.29, 1.82) is 0 Å². The molecule has 2 heterocycles. The molecule has 0 saturated heterocycles. The molecule has 2 aromatic heterocycles. The zero-order valence-electron chi connectivity index (χ0n) is 16.3. The van der Waals surface area contributed by atoms with Crippen LogP contribution in [0.25, 0.3) is 5.52 Å². The van der Waals surface area contributed by atoms with Crippen LogP contribution in [0, 0.1) is 13.8 Å². The maximum atomic E-state index is 12.9. The fourth-order valence-electron chi connectivity index (χ4n) is 3.10. The van der Waals surface area contributed by atoms with E-state index in [1.807, 2.05) is 38.1 Å². The van der Waals surface area contributed by atoms with E-state index in [4.69, 9.17) is 4.74 Å². The Kier molecular flexibility index (Phi) is 6.06. The van der Waals surface area contributed by atoms with Crippen molar-refractivity contribution < 1.29 is 14.3 Å². The van der Waals surface area contributed by atoms with Crippen LogP contribution in [0.4, 0.5) is 5.69 Å². The van der Waals surface area contributed by atoms with Crippen LogP contribution in [-0.2, 0) is 4.74 Å². The smallest absolute Gasteiger partial charge is 0.287 e. The van der Waals surface area contributed by atoms with Crippen molar-refractivity contribution in [3.8, 4) is 0 Å². The molecule has 0 aliphatic rings. The maximum Gasteiger partial charge on any atom is 0.287 e. The van der Waals surface area contributed by atoms with E-state index < -0.39 is 0 Å². The summed E-state index contributed by atoms with van der Waals surface area (Å²) in [6.45, 7) is 4.98. The fourth-order valence-corrected chi connectivity index (χ4v) is 3.10. The van der Waals surface area contributed by atoms with Crippen LogP contribution in [0.2, 0.25) is 0 Å². The number of anilines is 1. The molecule has 2 N–H and O–H groups in total. The second-order valence-electron chi connectivity index (χ2n) is 6.67. The Bertz CT molecular complexity index is 990. The molecule has 0 aliphatic heterocycles. The van der Waals surface area contributed by atoms with Gasteiger partial charge in [0.05, 0.1) is 5.52 Å². The van der Waals surface area contributed by atoms with Gasteiger partial charge in [0.2, 0.25) is 5.82 Å². The molecule has 3 aromatic rings. The van der Waals surface area contributed by atoms with Crippen LogP contribution in [0.15, 0.2) is 42.6 Å². The van der Waals surface area contributed by atoms with Gasteiger partial charge in [-0.3, -0.25) is 14.0 Å². The summed E-state index contributed by atoms with van der Waals surface area (Å²) in [7, 11) is 1.62. The molecule has 0 aliphatic carbocycles. The quantitative estimate of drug-likeness (QED) is 0.617. The van der Waals surface area contributed by atoms with E-state index in [1.165, 1.54) is 0 Å². The largest absolute Gasteiger partial charge is 0.385 e. The third-order valence-electron chi connectivity index (χ3n) is 4.26. The maximum absolute atomic E-state index is 12.9. The predicted octanol–water partition coefficient (Wildman–Crippen LogP) is 2.97. The van der Waals surface area contributed by atoms with Crippen molar-refractivity contribution in [2.75, 3.05) is 25.6 Å². The highest BCUT2D eigenvalue weighted by Gasteiger charge is 2.21. The summed E-state index contributed by atoms with van der Waals surface area (Å²) in [4.78, 5) is 29.7. The minimum atomic E-state index is -0.355. The Balaban J connectivity index is 1.87. The molecule has 0 fully saturated rings. The van der Waals surface area contributed by atoms with Gasteiger partial charge in [-0.1, -0.05) is 12.1 Å². The number of fused-ring (bicyclic) bond motifs is 1. The number of methoxy groups -OCH3 is 1. The second kappa shape index (κ2) is 8.67. The first-order valence-corrected chi connectivity index (χ1v) is 9.13. The highest BCUT2D eigenvalue weighted by Crippen LogP contribution is 2.18. The summed E-state index contributed by atoms with van der Waals surface area (Å²) in [6.07, 6.45) is 2.42. The van der Waals surface area contributed by atoms with Gasteiger partial charge in [0, 0.05) is 32.1 Å². The lowest BCUT2D eigenvalue weighted by Gasteiger charge is -2.06. The van der Waals surface area contributed by atoms with Crippen LogP contribution in [0.1, 0.15) is 38.7 Å². The zero-order valence-corrected chi connectivity index (χ0v) is 16.3. The lowest BCUT2D eigenvalue weighted by atomic mass is 10.1. The van der Waals surface area contributed by atoms with Crippen molar-refractivity contribution in [3.63, 3.8) is 0 Å². The number of nitrogens with one attached hydrogen (secondary N) is 2. The van der Waals surface area contributed by atoms with Gasteiger partial charge in [-0.25, -0.2) is 4.98 Å². The molecule has 0 atom stereocenters. The molecule has 7 heteroatoms. The van der Waals surface area contributed by atoms with Crippen molar-refractivity contribution in [2.24, 2.45) is 0 Å². The van der Waals surface area contributed by atoms with Gasteiger partial charge in [0.15, 0.2) is 5.69 Å². The molecule has 2 amide bonds. The van der Waals surface area contributed by atoms with E-state index in [2.05, 4.69) is 15.6 Å². The molecule has 28 heavy (non-hydrogen) atoms. The number of aromatic nitrogens is 2. The monoisotopic (exact) mass is 380 g/mol. The number of pyridine rings is 1. The topological polar surface area (TPSA) is 84.7 Å². The van der Waals surface area contributed by atoms with Crippen molar-refractivity contribution >= 4 is 23.0 Å². The number of ether oxygens (including phenoxy) is 1. The first kappa shape index (κ1) is 19.6. The van der Waals surface area contributed by atoms with Gasteiger partial charge in [0.25, 0.3) is 11.8 Å². The van der Waals surface area contributed by atoms with E-state index in [0.29, 0.717) is 30.8 Å². The number of carbonyl (C=O) groups is 2. The summed E-state index contributed by atoms with van der Waals surface area (Å²) in [6, 6.07) is 11.2. The van der Waals surface area contributed by atoms with Gasteiger partial charge in [-0.05, 0) is 55.7 Å². The molecule has 1 aromatic carbocycles. The van der Waals surface area contributed by atoms with Gasteiger partial charge in [-0.2, -0.15) is 0 Å². The van der Waals surface area contributed by atoms with Crippen molar-refractivity contribution in [3.05, 3.63) is 65.2 Å². The molecule has 0 saturated carbocycles. The van der Waals surface area contributed by atoms with E-state index in [1.54, 1.807) is 29.8 Å². The molecule has 0 bridgehead atoms. The Morgan fingerprint density at radius 3 is 2.57 bits per heavy atom. The summed E-state index contributed by atoms with van der Waals surface area (Å²) in [5.74, 6) is -0.506. The third kappa shape index (κ3) is 4.37. The summed E-state index contributed by atoms with van der Waals surface area (Å²) >= 11 is 0. The highest BCUT2D eigenvalue weighted by atomic mass is 16.5. The number of imidazole rings is 1. The van der Waals surface area contributed by atoms with Gasteiger partial charge >= 0.3 is 0 Å². The Morgan fingerprint density at radius 2 is 1.86 bits per heavy atom. The number of aryl methyl sites for hydroxylation is 2. The number of benzene rings is 1. The van der Waals surface area contributed by atoms with Crippen molar-refractivity contribution in [2.45, 2.75) is 20.3 Å². The Morgan fingerprint density at radius 1 is 1.11 bits per heavy atom. The normalized spacial score (nSPS) is 10.8. The predicted molar refractivity (Wildman–Crippen MR) is 108 cm³/mol. The van der Waals surface area contributed by atoms with Crippen LogP contribution in [0.3, 0.4) is 0 Å². The van der Waals surface area contributed by atoms with Crippen molar-refractivity contribution in [1.82, 2.24) is 14.7 Å².